The van der Waals surface area contributed by atoms with Crippen molar-refractivity contribution in [1.82, 2.24) is 0 Å². The summed E-state index contributed by atoms with van der Waals surface area (Å²) in [5.41, 5.74) is 5.36. The number of benzene rings is 1. The lowest BCUT2D eigenvalue weighted by Gasteiger charge is -2.14. The van der Waals surface area contributed by atoms with E-state index in [4.69, 9.17) is 10.8 Å². The van der Waals surface area contributed by atoms with E-state index < -0.39 is 11.8 Å². The van der Waals surface area contributed by atoms with Gasteiger partial charge in [0.05, 0.1) is 11.4 Å². The number of nitrogens with one attached hydrogen (secondary N) is 1. The van der Waals surface area contributed by atoms with E-state index >= 15 is 0 Å². The van der Waals surface area contributed by atoms with Crippen LogP contribution in [0.25, 0.3) is 0 Å². The average Bonchev–Trinajstić information content (AvgIpc) is 2.83. The molecule has 1 aliphatic rings. The second kappa shape index (κ2) is 5.48. The molecule has 4 nitrogen and oxygen atoms in total. The van der Waals surface area contributed by atoms with Gasteiger partial charge in [0.25, 0.3) is 0 Å². The number of hydrogen-bond acceptors (Lipinski definition) is 4. The molecule has 0 bridgehead atoms. The number of anilines is 2. The van der Waals surface area contributed by atoms with Crippen LogP contribution in [0, 0.1) is 11.7 Å². The molecule has 4 N–H and O–H groups in total. The van der Waals surface area contributed by atoms with Gasteiger partial charge in [-0.1, -0.05) is 0 Å². The van der Waals surface area contributed by atoms with Crippen LogP contribution in [0.4, 0.5) is 15.8 Å². The Labute approximate surface area is 109 Å². The molecule has 0 amide bonds. The molecule has 2 rings (SSSR count). The van der Waals surface area contributed by atoms with Gasteiger partial charge in [0.1, 0.15) is 11.4 Å². The summed E-state index contributed by atoms with van der Waals surface area (Å²) in [4.78, 5) is 11.1. The van der Waals surface area contributed by atoms with Gasteiger partial charge in [0.15, 0.2) is 0 Å². The van der Waals surface area contributed by atoms with E-state index in [0.29, 0.717) is 18.2 Å². The van der Waals surface area contributed by atoms with Crippen LogP contribution in [0.5, 0.6) is 0 Å². The molecule has 0 spiro atoms. The van der Waals surface area contributed by atoms with Crippen molar-refractivity contribution in [3.63, 3.8) is 0 Å². The van der Waals surface area contributed by atoms with E-state index in [9.17, 15) is 9.18 Å². The van der Waals surface area contributed by atoms with Crippen molar-refractivity contribution in [3.8, 4) is 0 Å². The molecule has 1 unspecified atom stereocenters. The molecule has 1 aromatic carbocycles. The van der Waals surface area contributed by atoms with Crippen LogP contribution >= 0.6 is 11.8 Å². The quantitative estimate of drug-likeness (QED) is 0.732. The van der Waals surface area contributed by atoms with Crippen LogP contribution in [-0.4, -0.2) is 29.1 Å². The summed E-state index contributed by atoms with van der Waals surface area (Å²) in [6.45, 7) is 0.693. The fourth-order valence-corrected chi connectivity index (χ4v) is 3.25. The first-order chi connectivity index (χ1) is 8.59. The van der Waals surface area contributed by atoms with Crippen molar-refractivity contribution in [3.05, 3.63) is 23.5 Å². The van der Waals surface area contributed by atoms with Crippen LogP contribution in [-0.2, 0) is 0 Å². The van der Waals surface area contributed by atoms with Gasteiger partial charge in [0, 0.05) is 6.54 Å². The fraction of sp³-hybridized carbons (Fsp3) is 0.417. The molecule has 6 heteroatoms. The lowest BCUT2D eigenvalue weighted by molar-refractivity contribution is 0.0698. The molecule has 1 aliphatic heterocycles. The van der Waals surface area contributed by atoms with Gasteiger partial charge in [-0.2, -0.15) is 11.8 Å². The van der Waals surface area contributed by atoms with Crippen LogP contribution in [0.2, 0.25) is 0 Å². The molecular weight excluding hydrogens is 255 g/mol. The monoisotopic (exact) mass is 270 g/mol. The standard InChI is InChI=1S/C12H15FN2O2S/c13-8-1-2-9(10(11(8)14)12(16)17)15-5-7-3-4-18-6-7/h1-2,7,15H,3-6,14H2,(H,16,17). The van der Waals surface area contributed by atoms with E-state index in [1.807, 2.05) is 11.8 Å². The predicted octanol–water partition coefficient (Wildman–Crippen LogP) is 2.27. The average molecular weight is 270 g/mol. The highest BCUT2D eigenvalue weighted by Crippen LogP contribution is 2.27. The molecule has 98 valence electrons. The SMILES string of the molecule is Nc1c(F)ccc(NCC2CCSC2)c1C(=O)O. The predicted molar refractivity (Wildman–Crippen MR) is 71.7 cm³/mol. The minimum absolute atomic E-state index is 0.180. The van der Waals surface area contributed by atoms with E-state index in [1.54, 1.807) is 0 Å². The molecular formula is C12H15FN2O2S. The number of carboxylic acid groups (broad SMARTS) is 1. The zero-order valence-electron chi connectivity index (χ0n) is 9.78. The van der Waals surface area contributed by atoms with E-state index in [1.165, 1.54) is 12.1 Å². The topological polar surface area (TPSA) is 75.3 Å². The summed E-state index contributed by atoms with van der Waals surface area (Å²) in [5.74, 6) is 0.836. The fourth-order valence-electron chi connectivity index (χ4n) is 1.97. The highest BCUT2D eigenvalue weighted by atomic mass is 32.2. The molecule has 1 saturated heterocycles. The first-order valence-electron chi connectivity index (χ1n) is 5.72. The number of halogens is 1. The van der Waals surface area contributed by atoms with Gasteiger partial charge in [-0.15, -0.1) is 0 Å². The Balaban J connectivity index is 2.16. The molecule has 0 saturated carbocycles. The second-order valence-corrected chi connectivity index (χ2v) is 5.45. The summed E-state index contributed by atoms with van der Waals surface area (Å²) in [6, 6.07) is 2.62. The largest absolute Gasteiger partial charge is 0.478 e. The summed E-state index contributed by atoms with van der Waals surface area (Å²) >= 11 is 1.89. The van der Waals surface area contributed by atoms with Gasteiger partial charge in [-0.3, -0.25) is 0 Å². The van der Waals surface area contributed by atoms with Crippen molar-refractivity contribution in [1.29, 1.82) is 0 Å². The molecule has 0 radical (unpaired) electrons. The molecule has 1 fully saturated rings. The molecule has 18 heavy (non-hydrogen) atoms. The Morgan fingerprint density at radius 2 is 2.39 bits per heavy atom. The Morgan fingerprint density at radius 1 is 1.61 bits per heavy atom. The summed E-state index contributed by atoms with van der Waals surface area (Å²) < 4.78 is 13.2. The third-order valence-electron chi connectivity index (χ3n) is 3.01. The van der Waals surface area contributed by atoms with E-state index in [-0.39, 0.29) is 11.3 Å². The molecule has 1 heterocycles. The first-order valence-corrected chi connectivity index (χ1v) is 6.88. The number of hydrogen-bond donors (Lipinski definition) is 3. The summed E-state index contributed by atoms with van der Waals surface area (Å²) in [6.07, 6.45) is 1.12. The van der Waals surface area contributed by atoms with Crippen LogP contribution in [0.15, 0.2) is 12.1 Å². The second-order valence-electron chi connectivity index (χ2n) is 4.30. The minimum atomic E-state index is -1.21. The first kappa shape index (κ1) is 13.0. The van der Waals surface area contributed by atoms with Crippen molar-refractivity contribution in [2.45, 2.75) is 6.42 Å². The van der Waals surface area contributed by atoms with Crippen molar-refractivity contribution < 1.29 is 14.3 Å². The smallest absolute Gasteiger partial charge is 0.340 e. The van der Waals surface area contributed by atoms with Gasteiger partial charge >= 0.3 is 5.97 Å². The van der Waals surface area contributed by atoms with Crippen molar-refractivity contribution in [2.24, 2.45) is 5.92 Å². The minimum Gasteiger partial charge on any atom is -0.478 e. The molecule has 0 aliphatic carbocycles. The number of thioether (sulfide) groups is 1. The van der Waals surface area contributed by atoms with Gasteiger partial charge in [0.2, 0.25) is 0 Å². The van der Waals surface area contributed by atoms with Gasteiger partial charge < -0.3 is 16.2 Å². The van der Waals surface area contributed by atoms with Crippen LogP contribution in [0.1, 0.15) is 16.8 Å². The van der Waals surface area contributed by atoms with Gasteiger partial charge in [-0.25, -0.2) is 9.18 Å². The Kier molecular flexibility index (Phi) is 3.96. The zero-order valence-corrected chi connectivity index (χ0v) is 10.6. The van der Waals surface area contributed by atoms with Crippen LogP contribution in [0.3, 0.4) is 0 Å². The maximum Gasteiger partial charge on any atom is 0.340 e. The van der Waals surface area contributed by atoms with Gasteiger partial charge in [-0.05, 0) is 36.0 Å². The number of carboxylic acids is 1. The normalized spacial score (nSPS) is 18.8. The van der Waals surface area contributed by atoms with E-state index in [2.05, 4.69) is 5.32 Å². The summed E-state index contributed by atoms with van der Waals surface area (Å²) in [5, 5.41) is 12.1. The summed E-state index contributed by atoms with van der Waals surface area (Å²) in [7, 11) is 0. The number of aromatic carboxylic acids is 1. The lowest BCUT2D eigenvalue weighted by Crippen LogP contribution is -2.17. The Hall–Kier alpha value is -1.43. The lowest BCUT2D eigenvalue weighted by atomic mass is 10.1. The maximum atomic E-state index is 13.2. The number of nitrogen functional groups attached to an aromatic ring is 1. The third kappa shape index (κ3) is 2.69. The number of carbonyl (C=O) groups is 1. The molecule has 1 aromatic rings. The highest BCUT2D eigenvalue weighted by Gasteiger charge is 2.19. The maximum absolute atomic E-state index is 13.2. The third-order valence-corrected chi connectivity index (χ3v) is 4.24. The Morgan fingerprint density at radius 3 is 3.00 bits per heavy atom. The van der Waals surface area contributed by atoms with E-state index in [0.717, 1.165) is 17.9 Å². The highest BCUT2D eigenvalue weighted by molar-refractivity contribution is 7.99. The molecule has 0 aromatic heterocycles. The number of rotatable bonds is 4. The molecule has 1 atom stereocenters. The van der Waals surface area contributed by atoms with Crippen LogP contribution < -0.4 is 11.1 Å². The number of nitrogens with two attached hydrogens (primary N) is 1. The zero-order chi connectivity index (χ0) is 13.1. The van der Waals surface area contributed by atoms with Crippen molar-refractivity contribution >= 4 is 29.1 Å². The van der Waals surface area contributed by atoms with Crippen molar-refractivity contribution in [2.75, 3.05) is 29.1 Å². The Bertz CT molecular complexity index is 462.